The number of aliphatic carboxylic acids is 1. The van der Waals surface area contributed by atoms with Crippen LogP contribution in [0.3, 0.4) is 0 Å². The number of carbonyl (C=O) groups excluding carboxylic acids is 5. The monoisotopic (exact) mass is 827 g/mol. The second kappa shape index (κ2) is 21.6. The first-order valence-electron chi connectivity index (χ1n) is 20.2. The van der Waals surface area contributed by atoms with E-state index in [1.807, 2.05) is 102 Å². The number of Topliss-reactive ketones (excluding diaryl/α,β-unsaturated/α-hetero) is 2. The van der Waals surface area contributed by atoms with Crippen LogP contribution in [-0.2, 0) is 54.5 Å². The molecule has 60 heavy (non-hydrogen) atoms. The predicted molar refractivity (Wildman–Crippen MR) is 229 cm³/mol. The number of rotatable bonds is 12. The number of amides is 3. The van der Waals surface area contributed by atoms with Crippen molar-refractivity contribution < 1.29 is 38.6 Å². The van der Waals surface area contributed by atoms with Gasteiger partial charge >= 0.3 is 5.97 Å². The largest absolute Gasteiger partial charge is 0.486 e. The van der Waals surface area contributed by atoms with Crippen LogP contribution >= 0.6 is 11.3 Å². The average Bonchev–Trinajstić information content (AvgIpc) is 3.77. The Bertz CT molecular complexity index is 2210. The predicted octanol–water partition coefficient (Wildman–Crippen LogP) is 6.18. The van der Waals surface area contributed by atoms with Crippen LogP contribution in [0.1, 0.15) is 47.3 Å². The van der Waals surface area contributed by atoms with Crippen LogP contribution in [0.25, 0.3) is 11.1 Å². The number of carboxylic acids is 1. The van der Waals surface area contributed by atoms with Gasteiger partial charge in [0, 0.05) is 42.5 Å². The quantitative estimate of drug-likeness (QED) is 0.116. The molecule has 3 heterocycles. The van der Waals surface area contributed by atoms with Gasteiger partial charge in [-0.1, -0.05) is 103 Å². The summed E-state index contributed by atoms with van der Waals surface area (Å²) >= 11 is 1.47. The van der Waals surface area contributed by atoms with E-state index in [-0.39, 0.29) is 69.7 Å². The number of ether oxygens (including phenoxy) is 1. The van der Waals surface area contributed by atoms with Gasteiger partial charge in [-0.3, -0.25) is 28.8 Å². The molecule has 2 aliphatic rings. The van der Waals surface area contributed by atoms with Crippen molar-refractivity contribution in [3.05, 3.63) is 148 Å². The van der Waals surface area contributed by atoms with E-state index in [0.29, 0.717) is 17.7 Å². The summed E-state index contributed by atoms with van der Waals surface area (Å²) < 4.78 is 5.83. The number of carbonyl (C=O) groups is 6. The lowest BCUT2D eigenvalue weighted by atomic mass is 9.89. The van der Waals surface area contributed by atoms with Gasteiger partial charge in [0.25, 0.3) is 0 Å². The van der Waals surface area contributed by atoms with Crippen LogP contribution in [0.4, 0.5) is 0 Å². The lowest BCUT2D eigenvalue weighted by Gasteiger charge is -2.26. The minimum atomic E-state index is -1.13. The molecule has 4 N–H and O–H groups in total. The van der Waals surface area contributed by atoms with Crippen LogP contribution < -0.4 is 20.7 Å². The second-order valence-corrected chi connectivity index (χ2v) is 16.1. The van der Waals surface area contributed by atoms with Gasteiger partial charge in [0.15, 0.2) is 11.6 Å². The molecule has 4 atom stereocenters. The summed E-state index contributed by atoms with van der Waals surface area (Å²) in [5, 5.41) is 19.7. The Hall–Kier alpha value is -6.40. The summed E-state index contributed by atoms with van der Waals surface area (Å²) in [7, 11) is 0. The maximum atomic E-state index is 14.5. The minimum absolute atomic E-state index is 0.0948. The van der Waals surface area contributed by atoms with Crippen LogP contribution in [0, 0.1) is 11.8 Å². The molecule has 0 unspecified atom stereocenters. The number of nitrogens with one attached hydrogen (secondary N) is 3. The number of carboxylic acid groups (broad SMARTS) is 1. The molecule has 0 aliphatic carbocycles. The summed E-state index contributed by atoms with van der Waals surface area (Å²) in [5.74, 6) is -4.59. The second-order valence-electron chi connectivity index (χ2n) is 15.1. The average molecular weight is 828 g/mol. The first-order valence-corrected chi connectivity index (χ1v) is 21.0. The van der Waals surface area contributed by atoms with Crippen molar-refractivity contribution >= 4 is 46.6 Å². The molecule has 0 fully saturated rings. The topological polar surface area (TPSA) is 168 Å². The Morgan fingerprint density at radius 2 is 1.38 bits per heavy atom. The Morgan fingerprint density at radius 3 is 2.07 bits per heavy atom. The maximum absolute atomic E-state index is 14.5. The number of hydrogen-bond donors (Lipinski definition) is 4. The molecular formula is C48H49N3O8S. The third kappa shape index (κ3) is 13.1. The Morgan fingerprint density at radius 1 is 0.700 bits per heavy atom. The van der Waals surface area contributed by atoms with E-state index in [9.17, 15) is 33.9 Å². The molecule has 7 rings (SSSR count). The fraction of sp³-hybridized carbons (Fsp3) is 0.292. The van der Waals surface area contributed by atoms with E-state index in [1.165, 1.54) is 11.3 Å². The minimum Gasteiger partial charge on any atom is -0.486 e. The zero-order valence-corrected chi connectivity index (χ0v) is 34.0. The third-order valence-electron chi connectivity index (χ3n) is 10.5. The molecule has 0 saturated carbocycles. The number of hydrogen-bond acceptors (Lipinski definition) is 8. The highest BCUT2D eigenvalue weighted by atomic mass is 32.1. The summed E-state index contributed by atoms with van der Waals surface area (Å²) in [6.07, 6.45) is 0.516. The van der Waals surface area contributed by atoms with Crippen molar-refractivity contribution in [3.8, 4) is 16.9 Å². The molecule has 12 heteroatoms. The van der Waals surface area contributed by atoms with Gasteiger partial charge in [0.05, 0.1) is 12.5 Å². The van der Waals surface area contributed by atoms with Crippen LogP contribution in [-0.4, -0.2) is 65.6 Å². The van der Waals surface area contributed by atoms with Crippen molar-refractivity contribution in [2.75, 3.05) is 13.2 Å². The molecule has 11 nitrogen and oxygen atoms in total. The third-order valence-corrected chi connectivity index (χ3v) is 11.4. The molecule has 4 aromatic carbocycles. The van der Waals surface area contributed by atoms with Crippen LogP contribution in [0.5, 0.6) is 5.75 Å². The van der Waals surface area contributed by atoms with E-state index in [2.05, 4.69) is 16.0 Å². The van der Waals surface area contributed by atoms with Crippen molar-refractivity contribution in [3.63, 3.8) is 0 Å². The van der Waals surface area contributed by atoms with Crippen molar-refractivity contribution in [2.45, 2.75) is 63.5 Å². The van der Waals surface area contributed by atoms with Gasteiger partial charge in [0.2, 0.25) is 17.7 Å². The Balaban J connectivity index is 1.33. The molecular weight excluding hydrogens is 779 g/mol. The van der Waals surface area contributed by atoms with Crippen molar-refractivity contribution in [1.82, 2.24) is 16.0 Å². The molecule has 2 aliphatic heterocycles. The number of thiophene rings is 1. The fourth-order valence-corrected chi connectivity index (χ4v) is 8.04. The van der Waals surface area contributed by atoms with Gasteiger partial charge in [-0.25, -0.2) is 0 Å². The van der Waals surface area contributed by atoms with Gasteiger partial charge in [-0.15, -0.1) is 11.3 Å². The molecule has 0 spiro atoms. The van der Waals surface area contributed by atoms with Crippen molar-refractivity contribution in [1.29, 1.82) is 0 Å². The summed E-state index contributed by atoms with van der Waals surface area (Å²) in [6.45, 7) is -0.396. The normalized spacial score (nSPS) is 19.2. The highest BCUT2D eigenvalue weighted by molar-refractivity contribution is 7.09. The smallest absolute Gasteiger partial charge is 0.305 e. The highest BCUT2D eigenvalue weighted by Gasteiger charge is 2.33. The molecule has 1 aromatic heterocycles. The first kappa shape index (κ1) is 43.2. The highest BCUT2D eigenvalue weighted by Crippen LogP contribution is 2.23. The first-order chi connectivity index (χ1) is 29.1. The van der Waals surface area contributed by atoms with E-state index in [1.54, 1.807) is 24.3 Å². The zero-order valence-electron chi connectivity index (χ0n) is 33.2. The van der Waals surface area contributed by atoms with Gasteiger partial charge < -0.3 is 25.8 Å². The molecule has 310 valence electrons. The van der Waals surface area contributed by atoms with Crippen LogP contribution in [0.2, 0.25) is 0 Å². The lowest BCUT2D eigenvalue weighted by molar-refractivity contribution is -0.137. The maximum Gasteiger partial charge on any atom is 0.305 e. The molecule has 3 amide bonds. The summed E-state index contributed by atoms with van der Waals surface area (Å²) in [6, 6.07) is 35.5. The van der Waals surface area contributed by atoms with E-state index in [0.717, 1.165) is 27.1 Å². The van der Waals surface area contributed by atoms with Crippen molar-refractivity contribution in [2.24, 2.45) is 11.8 Å². The number of ketones is 2. The molecule has 0 radical (unpaired) electrons. The summed E-state index contributed by atoms with van der Waals surface area (Å²) in [4.78, 5) is 82.4. The van der Waals surface area contributed by atoms with Gasteiger partial charge in [-0.05, 0) is 77.1 Å². The standard InChI is InChI=1S/C48H49N3O8S/c52-39-28-38(29-41-12-7-25-60-41)47(57)51-43(27-34-13-18-36(19-14-34)35-10-5-2-6-11-35)48(58)50-42(22-17-32-8-3-1-4-9-32)44(53)30-37(46(56)49-24-23-45(54)55)26-33-15-20-40(21-16-33)59-31-39/h1-16,18-21,25,37-38,42-43H,17,22-24,26-31H2,(H,49,56)(H,50,58)(H,51,57)(H,54,55)/t37-,38+,42+,43-/m1/s1. The molecule has 0 saturated heterocycles. The number of aryl methyl sites for hydroxylation is 1. The lowest BCUT2D eigenvalue weighted by Crippen LogP contribution is -2.54. The SMILES string of the molecule is O=C(O)CCNC(=O)[C@H]1CC(=O)[C@H](CCc2ccccc2)NC(=O)[C@@H](Cc2ccc(-c3ccccc3)cc2)NC(=O)[C@H](Cc2cccs2)CC(=O)COc2ccc(cc2)C1. The van der Waals surface area contributed by atoms with Gasteiger partial charge in [-0.2, -0.15) is 0 Å². The fourth-order valence-electron chi connectivity index (χ4n) is 7.25. The van der Waals surface area contributed by atoms with Gasteiger partial charge in [0.1, 0.15) is 18.4 Å². The van der Waals surface area contributed by atoms with E-state index >= 15 is 0 Å². The molecule has 2 bridgehead atoms. The summed E-state index contributed by atoms with van der Waals surface area (Å²) in [5.41, 5.74) is 4.43. The Labute approximate surface area is 353 Å². The Kier molecular flexibility index (Phi) is 15.5. The molecule has 5 aromatic rings. The zero-order chi connectivity index (χ0) is 42.3. The number of benzene rings is 4. The van der Waals surface area contributed by atoms with E-state index < -0.39 is 47.6 Å². The van der Waals surface area contributed by atoms with E-state index in [4.69, 9.17) is 4.74 Å². The number of fused-ring (bicyclic) bond motifs is 16. The van der Waals surface area contributed by atoms with Crippen LogP contribution in [0.15, 0.2) is 127 Å².